The van der Waals surface area contributed by atoms with Gasteiger partial charge in [-0.05, 0) is 34.9 Å². The fourth-order valence-corrected chi connectivity index (χ4v) is 4.69. The van der Waals surface area contributed by atoms with Crippen LogP contribution in [-0.2, 0) is 22.6 Å². The van der Waals surface area contributed by atoms with E-state index >= 15 is 0 Å². The van der Waals surface area contributed by atoms with E-state index in [1.165, 1.54) is 4.90 Å². The van der Waals surface area contributed by atoms with Crippen LogP contribution in [0.1, 0.15) is 28.2 Å². The smallest absolute Gasteiger partial charge is 0.326 e. The molecule has 35 heavy (non-hydrogen) atoms. The molecule has 0 aliphatic carbocycles. The van der Waals surface area contributed by atoms with Gasteiger partial charge in [-0.15, -0.1) is 0 Å². The molecule has 0 spiro atoms. The lowest BCUT2D eigenvalue weighted by atomic mass is 9.87. The minimum atomic E-state index is -1.03. The molecule has 1 N–H and O–H groups in total. The first-order valence-corrected chi connectivity index (χ1v) is 11.6. The Hall–Kier alpha value is -4.38. The number of fused-ring (bicyclic) bond motifs is 1. The minimum absolute atomic E-state index is 0.176. The number of ether oxygens (including phenoxy) is 1. The van der Waals surface area contributed by atoms with Crippen LogP contribution in [0.15, 0.2) is 109 Å². The molecule has 5 nitrogen and oxygen atoms in total. The molecule has 5 rings (SSSR count). The zero-order chi connectivity index (χ0) is 24.2. The van der Waals surface area contributed by atoms with Crippen LogP contribution in [0, 0.1) is 0 Å². The monoisotopic (exact) mass is 463 g/mol. The first-order valence-electron chi connectivity index (χ1n) is 11.6. The summed E-state index contributed by atoms with van der Waals surface area (Å²) < 4.78 is 6.09. The fraction of sp³-hybridized carbons (Fsp3) is 0.133. The molecule has 1 heterocycles. The number of amides is 1. The van der Waals surface area contributed by atoms with Gasteiger partial charge in [0, 0.05) is 18.5 Å². The van der Waals surface area contributed by atoms with Gasteiger partial charge in [-0.25, -0.2) is 4.79 Å². The van der Waals surface area contributed by atoms with Gasteiger partial charge in [0.2, 0.25) is 5.91 Å². The number of carboxylic acids is 1. The largest absolute Gasteiger partial charge is 0.480 e. The van der Waals surface area contributed by atoms with Gasteiger partial charge in [0.1, 0.15) is 17.5 Å². The summed E-state index contributed by atoms with van der Waals surface area (Å²) in [5.74, 6) is -0.549. The third kappa shape index (κ3) is 4.66. The zero-order valence-electron chi connectivity index (χ0n) is 19.1. The standard InChI is InChI=1S/C30H25NO4/c32-29(28(21-11-4-1-5-12-21)22-13-6-2-7-14-22)31-20-23-15-10-18-27(25(23)19-26(31)30(33)34)35-24-16-8-3-9-17-24/h1-18,26,28H,19-20H2,(H,33,34). The van der Waals surface area contributed by atoms with Gasteiger partial charge in [0.05, 0.1) is 5.92 Å². The lowest BCUT2D eigenvalue weighted by molar-refractivity contribution is -0.151. The van der Waals surface area contributed by atoms with E-state index in [0.29, 0.717) is 11.5 Å². The summed E-state index contributed by atoms with van der Waals surface area (Å²) in [6.07, 6.45) is 0.176. The molecule has 0 aromatic heterocycles. The Labute approximate surface area is 204 Å². The predicted octanol–water partition coefficient (Wildman–Crippen LogP) is 5.65. The van der Waals surface area contributed by atoms with Crippen molar-refractivity contribution in [2.24, 2.45) is 0 Å². The lowest BCUT2D eigenvalue weighted by Crippen LogP contribution is -2.50. The van der Waals surface area contributed by atoms with Gasteiger partial charge in [0.15, 0.2) is 0 Å². The maximum absolute atomic E-state index is 14.0. The van der Waals surface area contributed by atoms with E-state index in [2.05, 4.69) is 0 Å². The maximum atomic E-state index is 14.0. The van der Waals surface area contributed by atoms with Gasteiger partial charge in [0.25, 0.3) is 0 Å². The van der Waals surface area contributed by atoms with E-state index in [0.717, 1.165) is 22.3 Å². The van der Waals surface area contributed by atoms with Crippen LogP contribution in [0.3, 0.4) is 0 Å². The van der Waals surface area contributed by atoms with Crippen LogP contribution in [0.5, 0.6) is 11.5 Å². The van der Waals surface area contributed by atoms with Crippen LogP contribution in [0.2, 0.25) is 0 Å². The SMILES string of the molecule is O=C(O)C1Cc2c(cccc2Oc2ccccc2)CN1C(=O)C(c1ccccc1)c1ccccc1. The van der Waals surface area contributed by atoms with Crippen LogP contribution in [0.25, 0.3) is 0 Å². The van der Waals surface area contributed by atoms with Crippen molar-refractivity contribution in [3.63, 3.8) is 0 Å². The van der Waals surface area contributed by atoms with E-state index in [1.54, 1.807) is 0 Å². The Morgan fingerprint density at radius 3 is 1.91 bits per heavy atom. The number of aliphatic carboxylic acids is 1. The first-order chi connectivity index (χ1) is 17.1. The average molecular weight is 464 g/mol. The second-order valence-corrected chi connectivity index (χ2v) is 8.59. The number of carboxylic acid groups (broad SMARTS) is 1. The molecule has 4 aromatic carbocycles. The van der Waals surface area contributed by atoms with Crippen molar-refractivity contribution in [3.8, 4) is 11.5 Å². The Bertz CT molecular complexity index is 1280. The maximum Gasteiger partial charge on any atom is 0.326 e. The van der Waals surface area contributed by atoms with Crippen molar-refractivity contribution in [2.75, 3.05) is 0 Å². The normalized spacial score (nSPS) is 14.9. The van der Waals surface area contributed by atoms with Crippen molar-refractivity contribution in [3.05, 3.63) is 131 Å². The molecule has 0 saturated carbocycles. The van der Waals surface area contributed by atoms with Crippen LogP contribution >= 0.6 is 0 Å². The number of rotatable bonds is 6. The molecule has 0 saturated heterocycles. The Kier molecular flexibility index (Phi) is 6.31. The van der Waals surface area contributed by atoms with Crippen molar-refractivity contribution in [1.29, 1.82) is 0 Å². The molecular formula is C30H25NO4. The second kappa shape index (κ2) is 9.85. The molecule has 0 bridgehead atoms. The summed E-state index contributed by atoms with van der Waals surface area (Å²) in [6.45, 7) is 0.202. The third-order valence-corrected chi connectivity index (χ3v) is 6.40. The second-order valence-electron chi connectivity index (χ2n) is 8.59. The number of carbonyl (C=O) groups is 2. The number of benzene rings is 4. The summed E-state index contributed by atoms with van der Waals surface area (Å²) >= 11 is 0. The third-order valence-electron chi connectivity index (χ3n) is 6.40. The minimum Gasteiger partial charge on any atom is -0.480 e. The molecule has 1 atom stereocenters. The lowest BCUT2D eigenvalue weighted by Gasteiger charge is -2.37. The van der Waals surface area contributed by atoms with Crippen molar-refractivity contribution < 1.29 is 19.4 Å². The summed E-state index contributed by atoms with van der Waals surface area (Å²) in [4.78, 5) is 27.9. The van der Waals surface area contributed by atoms with Gasteiger partial charge in [-0.3, -0.25) is 4.79 Å². The molecule has 1 amide bonds. The Balaban J connectivity index is 1.52. The van der Waals surface area contributed by atoms with Crippen molar-refractivity contribution >= 4 is 11.9 Å². The topological polar surface area (TPSA) is 66.8 Å². The van der Waals surface area contributed by atoms with Crippen molar-refractivity contribution in [1.82, 2.24) is 4.90 Å². The Morgan fingerprint density at radius 2 is 1.34 bits per heavy atom. The quantitative estimate of drug-likeness (QED) is 0.401. The number of hydrogen-bond acceptors (Lipinski definition) is 3. The summed E-state index contributed by atoms with van der Waals surface area (Å²) in [5.41, 5.74) is 3.38. The molecule has 174 valence electrons. The molecular weight excluding hydrogens is 438 g/mol. The van der Waals surface area contributed by atoms with Crippen LogP contribution < -0.4 is 4.74 Å². The molecule has 0 fully saturated rings. The zero-order valence-corrected chi connectivity index (χ0v) is 19.1. The van der Waals surface area contributed by atoms with E-state index in [1.807, 2.05) is 109 Å². The number of para-hydroxylation sites is 1. The summed E-state index contributed by atoms with van der Waals surface area (Å²) in [6, 6.07) is 33.1. The molecule has 1 unspecified atom stereocenters. The highest BCUT2D eigenvalue weighted by Gasteiger charge is 2.39. The highest BCUT2D eigenvalue weighted by molar-refractivity contribution is 5.91. The number of carbonyl (C=O) groups excluding carboxylic acids is 1. The van der Waals surface area contributed by atoms with Gasteiger partial charge < -0.3 is 14.7 Å². The number of nitrogens with zero attached hydrogens (tertiary/aromatic N) is 1. The van der Waals surface area contributed by atoms with E-state index < -0.39 is 17.9 Å². The summed E-state index contributed by atoms with van der Waals surface area (Å²) in [7, 11) is 0. The van der Waals surface area contributed by atoms with Crippen molar-refractivity contribution in [2.45, 2.75) is 24.9 Å². The Morgan fingerprint density at radius 1 is 0.771 bits per heavy atom. The van der Waals surface area contributed by atoms with Gasteiger partial charge in [-0.2, -0.15) is 0 Å². The fourth-order valence-electron chi connectivity index (χ4n) is 4.69. The predicted molar refractivity (Wildman–Crippen MR) is 133 cm³/mol. The number of hydrogen-bond donors (Lipinski definition) is 1. The van der Waals surface area contributed by atoms with E-state index in [4.69, 9.17) is 4.74 Å². The molecule has 1 aliphatic heterocycles. The highest BCUT2D eigenvalue weighted by atomic mass is 16.5. The molecule has 1 aliphatic rings. The van der Waals surface area contributed by atoms with Gasteiger partial charge in [-0.1, -0.05) is 91.0 Å². The van der Waals surface area contributed by atoms with E-state index in [9.17, 15) is 14.7 Å². The molecule has 4 aromatic rings. The van der Waals surface area contributed by atoms with E-state index in [-0.39, 0.29) is 18.9 Å². The van der Waals surface area contributed by atoms with Crippen LogP contribution in [-0.4, -0.2) is 27.9 Å². The first kappa shape index (κ1) is 22.4. The average Bonchev–Trinajstić information content (AvgIpc) is 2.90. The highest BCUT2D eigenvalue weighted by Crippen LogP contribution is 2.36. The molecule has 0 radical (unpaired) electrons. The summed E-state index contributed by atoms with van der Waals surface area (Å²) in [5, 5.41) is 10.2. The van der Waals surface area contributed by atoms with Gasteiger partial charge >= 0.3 is 5.97 Å². The van der Waals surface area contributed by atoms with Crippen LogP contribution in [0.4, 0.5) is 0 Å². The molecule has 5 heteroatoms.